The van der Waals surface area contributed by atoms with Crippen molar-refractivity contribution < 1.29 is 14.6 Å². The van der Waals surface area contributed by atoms with Crippen LogP contribution in [0.3, 0.4) is 0 Å². The van der Waals surface area contributed by atoms with E-state index in [1.54, 1.807) is 0 Å². The number of carboxylic acids is 1. The summed E-state index contributed by atoms with van der Waals surface area (Å²) in [6.45, 7) is 5.27. The summed E-state index contributed by atoms with van der Waals surface area (Å²) in [5, 5.41) is 9.08. The molecule has 9 atom stereocenters. The fourth-order valence-corrected chi connectivity index (χ4v) is 8.82. The molecule has 0 amide bonds. The highest BCUT2D eigenvalue weighted by atomic mass is 16.6. The van der Waals surface area contributed by atoms with Crippen LogP contribution in [-0.2, 0) is 9.53 Å². The molecular formula is C24H38O3. The predicted octanol–water partition coefficient (Wildman–Crippen LogP) is 5.67. The minimum Gasteiger partial charge on any atom is -0.479 e. The molecule has 4 aliphatic carbocycles. The normalized spacial score (nSPS) is 53.9. The van der Waals surface area contributed by atoms with E-state index in [1.165, 1.54) is 70.6 Å². The van der Waals surface area contributed by atoms with E-state index in [2.05, 4.69) is 13.8 Å². The SMILES string of the molecule is CC12CCCCC1CCC1C2CCC2(C)C(CCC3OC3C(=O)O)CCC12. The number of epoxide rings is 1. The van der Waals surface area contributed by atoms with Crippen LogP contribution in [0.5, 0.6) is 0 Å². The number of carbonyl (C=O) groups is 1. The summed E-state index contributed by atoms with van der Waals surface area (Å²) >= 11 is 0. The van der Waals surface area contributed by atoms with Gasteiger partial charge in [-0.15, -0.1) is 0 Å². The smallest absolute Gasteiger partial charge is 0.335 e. The zero-order valence-electron chi connectivity index (χ0n) is 17.3. The molecule has 0 radical (unpaired) electrons. The van der Waals surface area contributed by atoms with E-state index >= 15 is 0 Å². The molecule has 5 fully saturated rings. The second-order valence-corrected chi connectivity index (χ2v) is 11.2. The van der Waals surface area contributed by atoms with Gasteiger partial charge in [-0.3, -0.25) is 0 Å². The number of hydrogen-bond acceptors (Lipinski definition) is 2. The highest BCUT2D eigenvalue weighted by molar-refractivity contribution is 5.75. The van der Waals surface area contributed by atoms with Gasteiger partial charge in [0.1, 0.15) is 0 Å². The molecule has 1 saturated heterocycles. The summed E-state index contributed by atoms with van der Waals surface area (Å²) < 4.78 is 5.37. The van der Waals surface area contributed by atoms with Gasteiger partial charge < -0.3 is 9.84 Å². The first kappa shape index (κ1) is 18.5. The van der Waals surface area contributed by atoms with Gasteiger partial charge in [0, 0.05) is 0 Å². The highest BCUT2D eigenvalue weighted by Gasteiger charge is 2.59. The Bertz CT molecular complexity index is 602. The lowest BCUT2D eigenvalue weighted by atomic mass is 9.45. The van der Waals surface area contributed by atoms with E-state index in [9.17, 15) is 4.79 Å². The van der Waals surface area contributed by atoms with Gasteiger partial charge in [-0.1, -0.05) is 26.7 Å². The molecule has 5 aliphatic rings. The molecular weight excluding hydrogens is 336 g/mol. The fraction of sp³-hybridized carbons (Fsp3) is 0.958. The van der Waals surface area contributed by atoms with Crippen LogP contribution in [0.15, 0.2) is 0 Å². The van der Waals surface area contributed by atoms with Gasteiger partial charge >= 0.3 is 5.97 Å². The monoisotopic (exact) mass is 374 g/mol. The van der Waals surface area contributed by atoms with E-state index in [1.807, 2.05) is 0 Å². The van der Waals surface area contributed by atoms with Crippen LogP contribution in [0.25, 0.3) is 0 Å². The third-order valence-corrected chi connectivity index (χ3v) is 10.4. The van der Waals surface area contributed by atoms with Crippen LogP contribution < -0.4 is 0 Å². The molecule has 5 rings (SSSR count). The molecule has 27 heavy (non-hydrogen) atoms. The summed E-state index contributed by atoms with van der Waals surface area (Å²) in [6, 6.07) is 0. The van der Waals surface area contributed by atoms with Crippen molar-refractivity contribution in [2.75, 3.05) is 0 Å². The third-order valence-electron chi connectivity index (χ3n) is 10.4. The molecule has 152 valence electrons. The molecule has 0 bridgehead atoms. The van der Waals surface area contributed by atoms with Gasteiger partial charge in [-0.05, 0) is 105 Å². The average molecular weight is 375 g/mol. The summed E-state index contributed by atoms with van der Waals surface area (Å²) in [6.07, 6.45) is 16.2. The van der Waals surface area contributed by atoms with Gasteiger partial charge in [-0.25, -0.2) is 4.79 Å². The Morgan fingerprint density at radius 1 is 0.926 bits per heavy atom. The molecule has 3 nitrogen and oxygen atoms in total. The van der Waals surface area contributed by atoms with Crippen LogP contribution in [0.2, 0.25) is 0 Å². The lowest BCUT2D eigenvalue weighted by Gasteiger charge is -2.60. The largest absolute Gasteiger partial charge is 0.479 e. The van der Waals surface area contributed by atoms with Crippen molar-refractivity contribution in [3.63, 3.8) is 0 Å². The van der Waals surface area contributed by atoms with Gasteiger partial charge in [0.15, 0.2) is 6.10 Å². The highest BCUT2D eigenvalue weighted by Crippen LogP contribution is 2.68. The van der Waals surface area contributed by atoms with Crippen molar-refractivity contribution in [3.8, 4) is 0 Å². The Labute approximate surface area is 164 Å². The lowest BCUT2D eigenvalue weighted by Crippen LogP contribution is -2.52. The zero-order chi connectivity index (χ0) is 18.8. The fourth-order valence-electron chi connectivity index (χ4n) is 8.82. The summed E-state index contributed by atoms with van der Waals surface area (Å²) in [5.41, 5.74) is 1.14. The molecule has 0 aromatic carbocycles. The second-order valence-electron chi connectivity index (χ2n) is 11.2. The van der Waals surface area contributed by atoms with Crippen LogP contribution in [0.4, 0.5) is 0 Å². The minimum atomic E-state index is -0.770. The Morgan fingerprint density at radius 3 is 2.52 bits per heavy atom. The predicted molar refractivity (Wildman–Crippen MR) is 105 cm³/mol. The van der Waals surface area contributed by atoms with Crippen LogP contribution in [0, 0.1) is 40.4 Å². The van der Waals surface area contributed by atoms with E-state index in [4.69, 9.17) is 9.84 Å². The first-order chi connectivity index (χ1) is 12.9. The maximum atomic E-state index is 11.0. The first-order valence-electron chi connectivity index (χ1n) is 11.8. The molecule has 0 spiro atoms. The van der Waals surface area contributed by atoms with Crippen LogP contribution in [0.1, 0.15) is 90.9 Å². The molecule has 0 aromatic heterocycles. The van der Waals surface area contributed by atoms with E-state index in [0.29, 0.717) is 10.8 Å². The number of aliphatic carboxylic acids is 1. The molecule has 3 heteroatoms. The van der Waals surface area contributed by atoms with Crippen molar-refractivity contribution in [2.45, 2.75) is 103 Å². The van der Waals surface area contributed by atoms with Crippen molar-refractivity contribution in [1.29, 1.82) is 0 Å². The summed E-state index contributed by atoms with van der Waals surface area (Å²) in [5.74, 6) is 3.91. The average Bonchev–Trinajstić information content (AvgIpc) is 3.35. The molecule has 9 unspecified atom stereocenters. The number of hydrogen-bond donors (Lipinski definition) is 1. The van der Waals surface area contributed by atoms with Crippen LogP contribution in [-0.4, -0.2) is 23.3 Å². The van der Waals surface area contributed by atoms with E-state index < -0.39 is 12.1 Å². The van der Waals surface area contributed by atoms with Crippen LogP contribution >= 0.6 is 0 Å². The first-order valence-corrected chi connectivity index (χ1v) is 11.8. The standard InChI is InChI=1S/C24H38O3/c1-23-13-4-3-5-15(23)6-9-17-18-10-7-16(24(18,2)14-12-19(17)23)8-11-20-21(27-20)22(25)26/h15-21H,3-14H2,1-2H3,(H,25,26). The Morgan fingerprint density at radius 2 is 1.74 bits per heavy atom. The second kappa shape index (κ2) is 6.47. The van der Waals surface area contributed by atoms with Crippen molar-refractivity contribution in [3.05, 3.63) is 0 Å². The summed E-state index contributed by atoms with van der Waals surface area (Å²) in [4.78, 5) is 11.0. The van der Waals surface area contributed by atoms with Gasteiger partial charge in [0.05, 0.1) is 6.10 Å². The minimum absolute atomic E-state index is 0.00178. The van der Waals surface area contributed by atoms with Gasteiger partial charge in [-0.2, -0.15) is 0 Å². The molecule has 1 heterocycles. The molecule has 0 aromatic rings. The maximum Gasteiger partial charge on any atom is 0.335 e. The Kier molecular flexibility index (Phi) is 4.42. The van der Waals surface area contributed by atoms with Gasteiger partial charge in [0.2, 0.25) is 0 Å². The lowest BCUT2D eigenvalue weighted by molar-refractivity contribution is -0.138. The van der Waals surface area contributed by atoms with E-state index in [-0.39, 0.29) is 6.10 Å². The third kappa shape index (κ3) is 2.81. The molecule has 1 aliphatic heterocycles. The molecule has 4 saturated carbocycles. The van der Waals surface area contributed by atoms with E-state index in [0.717, 1.165) is 36.0 Å². The summed E-state index contributed by atoms with van der Waals surface area (Å²) in [7, 11) is 0. The quantitative estimate of drug-likeness (QED) is 0.645. The Hall–Kier alpha value is -0.570. The number of fused-ring (bicyclic) bond motifs is 5. The van der Waals surface area contributed by atoms with Gasteiger partial charge in [0.25, 0.3) is 0 Å². The number of ether oxygens (including phenoxy) is 1. The topological polar surface area (TPSA) is 49.8 Å². The van der Waals surface area contributed by atoms with Crippen molar-refractivity contribution in [1.82, 2.24) is 0 Å². The van der Waals surface area contributed by atoms with Crippen molar-refractivity contribution in [2.24, 2.45) is 40.4 Å². The van der Waals surface area contributed by atoms with Crippen molar-refractivity contribution >= 4 is 5.97 Å². The molecule has 1 N–H and O–H groups in total. The number of rotatable bonds is 4. The zero-order valence-corrected chi connectivity index (χ0v) is 17.3. The Balaban J connectivity index is 1.27. The maximum absolute atomic E-state index is 11.0. The number of carboxylic acid groups (broad SMARTS) is 1.